The quantitative estimate of drug-likeness (QED) is 0.759. The third-order valence-corrected chi connectivity index (χ3v) is 7.65. The summed E-state index contributed by atoms with van der Waals surface area (Å²) >= 11 is 3.17. The number of aliphatic imine (C=N–C) groups is 1. The highest BCUT2D eigenvalue weighted by molar-refractivity contribution is 9.10. The SMILES string of the molecule is C[C@]1(c2cc(Br)ncc2F)CS(=O)(=O)C2(CCC2)C(N)=N1. The molecule has 1 atom stereocenters. The second kappa shape index (κ2) is 4.49. The summed E-state index contributed by atoms with van der Waals surface area (Å²) in [5, 5.41) is 0. The Hall–Kier alpha value is -1.02. The molecule has 5 nitrogen and oxygen atoms in total. The predicted molar refractivity (Wildman–Crippen MR) is 81.2 cm³/mol. The zero-order valence-corrected chi connectivity index (χ0v) is 13.8. The number of nitrogens with zero attached hydrogens (tertiary/aromatic N) is 2. The molecule has 0 bridgehead atoms. The van der Waals surface area contributed by atoms with Crippen molar-refractivity contribution in [1.29, 1.82) is 0 Å². The van der Waals surface area contributed by atoms with Crippen molar-refractivity contribution in [1.82, 2.24) is 4.98 Å². The molecule has 2 N–H and O–H groups in total. The number of nitrogens with two attached hydrogens (primary N) is 1. The average molecular weight is 376 g/mol. The van der Waals surface area contributed by atoms with Gasteiger partial charge in [0.2, 0.25) is 0 Å². The van der Waals surface area contributed by atoms with Crippen LogP contribution in [0.5, 0.6) is 0 Å². The molecule has 0 saturated heterocycles. The van der Waals surface area contributed by atoms with Gasteiger partial charge in [-0.05, 0) is 48.2 Å². The predicted octanol–water partition coefficient (Wildman–Crippen LogP) is 1.91. The summed E-state index contributed by atoms with van der Waals surface area (Å²) in [5.41, 5.74) is 4.94. The number of halogens is 2. The van der Waals surface area contributed by atoms with E-state index in [1.807, 2.05) is 0 Å². The van der Waals surface area contributed by atoms with Crippen LogP contribution in [0.15, 0.2) is 21.9 Å². The highest BCUT2D eigenvalue weighted by atomic mass is 79.9. The third kappa shape index (κ3) is 2.03. The van der Waals surface area contributed by atoms with Crippen LogP contribution in [-0.2, 0) is 15.4 Å². The van der Waals surface area contributed by atoms with Crippen molar-refractivity contribution >= 4 is 31.6 Å². The number of sulfone groups is 1. The minimum absolute atomic E-state index is 0.106. The molecule has 1 spiro atoms. The van der Waals surface area contributed by atoms with E-state index in [1.54, 1.807) is 6.92 Å². The van der Waals surface area contributed by atoms with Gasteiger partial charge in [0, 0.05) is 5.56 Å². The summed E-state index contributed by atoms with van der Waals surface area (Å²) in [6, 6.07) is 1.46. The average Bonchev–Trinajstić information content (AvgIpc) is 2.27. The Kier molecular flexibility index (Phi) is 3.18. The maximum Gasteiger partial charge on any atom is 0.165 e. The maximum atomic E-state index is 14.1. The number of pyridine rings is 1. The molecule has 114 valence electrons. The first kappa shape index (κ1) is 14.9. The van der Waals surface area contributed by atoms with Crippen LogP contribution in [-0.4, -0.2) is 29.7 Å². The Morgan fingerprint density at radius 2 is 2.10 bits per heavy atom. The minimum atomic E-state index is -3.48. The van der Waals surface area contributed by atoms with Crippen LogP contribution in [0.25, 0.3) is 0 Å². The lowest BCUT2D eigenvalue weighted by atomic mass is 9.82. The Morgan fingerprint density at radius 3 is 2.62 bits per heavy atom. The van der Waals surface area contributed by atoms with Crippen LogP contribution in [0.4, 0.5) is 4.39 Å². The van der Waals surface area contributed by atoms with Crippen LogP contribution in [0, 0.1) is 5.82 Å². The number of aromatic nitrogens is 1. The van der Waals surface area contributed by atoms with E-state index < -0.39 is 25.9 Å². The van der Waals surface area contributed by atoms with E-state index in [0.717, 1.165) is 12.6 Å². The molecule has 8 heteroatoms. The molecule has 21 heavy (non-hydrogen) atoms. The highest BCUT2D eigenvalue weighted by Gasteiger charge is 2.58. The van der Waals surface area contributed by atoms with Gasteiger partial charge in [-0.15, -0.1) is 0 Å². The van der Waals surface area contributed by atoms with E-state index >= 15 is 0 Å². The highest BCUT2D eigenvalue weighted by Crippen LogP contribution is 2.47. The van der Waals surface area contributed by atoms with Gasteiger partial charge in [-0.1, -0.05) is 0 Å². The fourth-order valence-electron chi connectivity index (χ4n) is 3.10. The maximum absolute atomic E-state index is 14.1. The molecule has 0 amide bonds. The monoisotopic (exact) mass is 375 g/mol. The van der Waals surface area contributed by atoms with Crippen molar-refractivity contribution in [2.75, 3.05) is 5.75 Å². The normalized spacial score (nSPS) is 29.8. The molecular weight excluding hydrogens is 361 g/mol. The van der Waals surface area contributed by atoms with Crippen molar-refractivity contribution in [2.24, 2.45) is 10.7 Å². The van der Waals surface area contributed by atoms with Crippen molar-refractivity contribution in [2.45, 2.75) is 36.5 Å². The molecule has 1 saturated carbocycles. The van der Waals surface area contributed by atoms with E-state index in [1.165, 1.54) is 6.07 Å². The first-order valence-corrected chi connectivity index (χ1v) is 9.04. The summed E-state index contributed by atoms with van der Waals surface area (Å²) in [6.07, 6.45) is 2.88. The van der Waals surface area contributed by atoms with Crippen molar-refractivity contribution in [3.63, 3.8) is 0 Å². The molecule has 0 unspecified atom stereocenters. The van der Waals surface area contributed by atoms with Crippen LogP contribution < -0.4 is 5.73 Å². The lowest BCUT2D eigenvalue weighted by Crippen LogP contribution is -2.61. The molecule has 2 heterocycles. The summed E-state index contributed by atoms with van der Waals surface area (Å²) in [5.74, 6) is -0.722. The van der Waals surface area contributed by atoms with Gasteiger partial charge in [0.1, 0.15) is 26.5 Å². The summed E-state index contributed by atoms with van der Waals surface area (Å²) < 4.78 is 38.8. The molecule has 1 aromatic heterocycles. The van der Waals surface area contributed by atoms with Gasteiger partial charge >= 0.3 is 0 Å². The minimum Gasteiger partial charge on any atom is -0.386 e. The van der Waals surface area contributed by atoms with Gasteiger partial charge < -0.3 is 5.73 Å². The lowest BCUT2D eigenvalue weighted by Gasteiger charge is -2.46. The van der Waals surface area contributed by atoms with Gasteiger partial charge in [0.15, 0.2) is 9.84 Å². The fourth-order valence-corrected chi connectivity index (χ4v) is 5.94. The first-order valence-electron chi connectivity index (χ1n) is 6.60. The first-order chi connectivity index (χ1) is 9.70. The van der Waals surface area contributed by atoms with Crippen LogP contribution in [0.3, 0.4) is 0 Å². The Morgan fingerprint density at radius 1 is 1.43 bits per heavy atom. The number of hydrogen-bond acceptors (Lipinski definition) is 5. The molecule has 0 radical (unpaired) electrons. The topological polar surface area (TPSA) is 85.4 Å². The standard InChI is InChI=1S/C13H15BrFN3O2S/c1-12(8-5-10(14)17-6-9(8)15)7-21(19,20)13(3-2-4-13)11(16)18-12/h5-6H,2-4,7H2,1H3,(H2,16,18)/t12-/m1/s1. The van der Waals surface area contributed by atoms with E-state index in [0.29, 0.717) is 17.4 Å². The second-order valence-corrected chi connectivity index (χ2v) is 8.98. The van der Waals surface area contributed by atoms with Crippen molar-refractivity contribution in [3.8, 4) is 0 Å². The molecular formula is C13H15BrFN3O2S. The zero-order valence-electron chi connectivity index (χ0n) is 11.4. The van der Waals surface area contributed by atoms with Crippen molar-refractivity contribution in [3.05, 3.63) is 28.2 Å². The van der Waals surface area contributed by atoms with E-state index in [-0.39, 0.29) is 17.2 Å². The largest absolute Gasteiger partial charge is 0.386 e. The Balaban J connectivity index is 2.17. The molecule has 2 aliphatic rings. The van der Waals surface area contributed by atoms with Crippen LogP contribution in [0.2, 0.25) is 0 Å². The smallest absolute Gasteiger partial charge is 0.165 e. The van der Waals surface area contributed by atoms with Gasteiger partial charge in [-0.2, -0.15) is 0 Å². The zero-order chi connectivity index (χ0) is 15.5. The van der Waals surface area contributed by atoms with Crippen molar-refractivity contribution < 1.29 is 12.8 Å². The molecule has 3 rings (SSSR count). The number of amidine groups is 1. The molecule has 1 fully saturated rings. The van der Waals surface area contributed by atoms with E-state index in [2.05, 4.69) is 25.9 Å². The van der Waals surface area contributed by atoms with Gasteiger partial charge in [-0.25, -0.2) is 17.8 Å². The van der Waals surface area contributed by atoms with E-state index in [4.69, 9.17) is 5.73 Å². The molecule has 1 aliphatic heterocycles. The summed E-state index contributed by atoms with van der Waals surface area (Å²) in [4.78, 5) is 8.17. The number of rotatable bonds is 1. The summed E-state index contributed by atoms with van der Waals surface area (Å²) in [7, 11) is -3.48. The number of hydrogen-bond donors (Lipinski definition) is 1. The second-order valence-electron chi connectivity index (χ2n) is 5.86. The Labute approximate surface area is 130 Å². The summed E-state index contributed by atoms with van der Waals surface area (Å²) in [6.45, 7) is 1.59. The Bertz CT molecular complexity index is 746. The van der Waals surface area contributed by atoms with Crippen LogP contribution in [0.1, 0.15) is 31.7 Å². The lowest BCUT2D eigenvalue weighted by molar-refractivity contribution is 0.388. The molecule has 1 aliphatic carbocycles. The van der Waals surface area contributed by atoms with Gasteiger partial charge in [0.05, 0.1) is 11.9 Å². The fraction of sp³-hybridized carbons (Fsp3) is 0.538. The van der Waals surface area contributed by atoms with Gasteiger partial charge in [-0.3, -0.25) is 4.99 Å². The third-order valence-electron chi connectivity index (χ3n) is 4.46. The molecule has 0 aromatic carbocycles. The van der Waals surface area contributed by atoms with Gasteiger partial charge in [0.25, 0.3) is 0 Å². The van der Waals surface area contributed by atoms with Crippen LogP contribution >= 0.6 is 15.9 Å². The van der Waals surface area contributed by atoms with E-state index in [9.17, 15) is 12.8 Å². The molecule has 1 aromatic rings.